The highest BCUT2D eigenvalue weighted by atomic mass is 19.4. The van der Waals surface area contributed by atoms with E-state index in [1.165, 1.54) is 24.0 Å². The number of likely N-dealkylation sites (N-methyl/N-ethyl adjacent to an activating group) is 1. The summed E-state index contributed by atoms with van der Waals surface area (Å²) < 4.78 is 55.3. The second kappa shape index (κ2) is 8.56. The minimum atomic E-state index is -4.62. The van der Waals surface area contributed by atoms with Crippen LogP contribution in [0.1, 0.15) is 29.5 Å². The monoisotopic (exact) mass is 467 g/mol. The van der Waals surface area contributed by atoms with Gasteiger partial charge in [0.1, 0.15) is 12.9 Å². The Hall–Kier alpha value is -3.32. The fourth-order valence-corrected chi connectivity index (χ4v) is 3.79. The average Bonchev–Trinajstić information content (AvgIpc) is 3.41. The number of pyridine rings is 1. The van der Waals surface area contributed by atoms with Gasteiger partial charge in [-0.05, 0) is 26.5 Å². The number of aryl methyl sites for hydroxylation is 1. The van der Waals surface area contributed by atoms with Gasteiger partial charge >= 0.3 is 6.18 Å². The number of amides is 1. The Labute approximate surface area is 185 Å². The van der Waals surface area contributed by atoms with Crippen molar-refractivity contribution in [3.05, 3.63) is 53.8 Å². The van der Waals surface area contributed by atoms with E-state index < -0.39 is 36.2 Å². The number of likely N-dealkylation sites (tertiary alicyclic amines) is 1. The molecule has 0 bridgehead atoms. The molecule has 4 rings (SSSR count). The lowest BCUT2D eigenvalue weighted by Gasteiger charge is -2.19. The van der Waals surface area contributed by atoms with Crippen LogP contribution in [0.5, 0.6) is 0 Å². The number of nitrogens with one attached hydrogen (secondary N) is 1. The molecule has 0 saturated carbocycles. The van der Waals surface area contributed by atoms with E-state index in [0.29, 0.717) is 12.1 Å². The Balaban J connectivity index is 1.45. The van der Waals surface area contributed by atoms with Gasteiger partial charge in [-0.2, -0.15) is 18.3 Å². The predicted octanol–water partition coefficient (Wildman–Crippen LogP) is 2.31. The Morgan fingerprint density at radius 2 is 2.06 bits per heavy atom. The Morgan fingerprint density at radius 1 is 1.30 bits per heavy atom. The lowest BCUT2D eigenvalue weighted by Crippen LogP contribution is -2.23. The Bertz CT molecular complexity index is 1160. The van der Waals surface area contributed by atoms with Gasteiger partial charge in [-0.3, -0.25) is 18.9 Å². The topological polar surface area (TPSA) is 101 Å². The molecule has 2 N–H and O–H groups in total. The average molecular weight is 467 g/mol. The van der Waals surface area contributed by atoms with Crippen LogP contribution in [0.3, 0.4) is 0 Å². The first-order valence-electron chi connectivity index (χ1n) is 10.0. The number of aliphatic hydroxyl groups excluding tert-OH is 1. The van der Waals surface area contributed by atoms with Crippen molar-refractivity contribution in [2.45, 2.75) is 38.2 Å². The number of nitrogens with zero attached hydrogens (tertiary/aromatic N) is 6. The van der Waals surface area contributed by atoms with Gasteiger partial charge in [0.05, 0.1) is 29.7 Å². The van der Waals surface area contributed by atoms with Crippen molar-refractivity contribution >= 4 is 11.6 Å². The highest BCUT2D eigenvalue weighted by Crippen LogP contribution is 2.30. The molecular weight excluding hydrogens is 446 g/mol. The van der Waals surface area contributed by atoms with Gasteiger partial charge in [0.2, 0.25) is 5.91 Å². The van der Waals surface area contributed by atoms with Gasteiger partial charge in [-0.25, -0.2) is 14.4 Å². The fraction of sp³-hybridized carbons (Fsp3) is 0.400. The standard InChI is InChI=1S/C20H21F4N7O2/c1-11-5-16(20(22,23)24)28-31(11)9-17(33)27-12-6-13(21)19(25-7-12)30-8-14(26-10-30)18-15(32)3-4-29(18)2/h5-8,10,15,18,32H,3-4,9H2,1-2H3,(H,27,33). The van der Waals surface area contributed by atoms with Crippen molar-refractivity contribution < 1.29 is 27.5 Å². The maximum Gasteiger partial charge on any atom is 0.435 e. The van der Waals surface area contributed by atoms with Crippen molar-refractivity contribution in [1.29, 1.82) is 0 Å². The van der Waals surface area contributed by atoms with Gasteiger partial charge in [0, 0.05) is 24.5 Å². The van der Waals surface area contributed by atoms with Crippen LogP contribution in [-0.2, 0) is 17.5 Å². The van der Waals surface area contributed by atoms with Crippen LogP contribution < -0.4 is 5.32 Å². The molecule has 4 heterocycles. The van der Waals surface area contributed by atoms with Crippen molar-refractivity contribution in [3.8, 4) is 5.82 Å². The molecule has 2 unspecified atom stereocenters. The predicted molar refractivity (Wildman–Crippen MR) is 108 cm³/mol. The zero-order valence-electron chi connectivity index (χ0n) is 17.7. The SMILES string of the molecule is Cc1cc(C(F)(F)F)nn1CC(=O)Nc1cnc(-n2cnc(C3C(O)CCN3C)c2)c(F)c1. The molecule has 0 aliphatic carbocycles. The van der Waals surface area contributed by atoms with E-state index >= 15 is 0 Å². The van der Waals surface area contributed by atoms with Gasteiger partial charge in [0.15, 0.2) is 17.3 Å². The first kappa shape index (κ1) is 22.9. The normalized spacial score (nSPS) is 19.2. The van der Waals surface area contributed by atoms with E-state index in [0.717, 1.165) is 23.4 Å². The third kappa shape index (κ3) is 4.73. The summed E-state index contributed by atoms with van der Waals surface area (Å²) in [6, 6.07) is 1.59. The molecule has 0 radical (unpaired) electrons. The molecule has 1 saturated heterocycles. The van der Waals surface area contributed by atoms with Crippen molar-refractivity contribution in [2.24, 2.45) is 0 Å². The second-order valence-corrected chi connectivity index (χ2v) is 7.89. The highest BCUT2D eigenvalue weighted by Gasteiger charge is 2.35. The molecule has 1 fully saturated rings. The number of carbonyl (C=O) groups excluding carboxylic acids is 1. The third-order valence-electron chi connectivity index (χ3n) is 5.44. The van der Waals surface area contributed by atoms with Gasteiger partial charge < -0.3 is 10.4 Å². The van der Waals surface area contributed by atoms with Crippen LogP contribution in [-0.4, -0.2) is 59.9 Å². The summed E-state index contributed by atoms with van der Waals surface area (Å²) in [5, 5.41) is 15.9. The molecular formula is C20H21F4N7O2. The summed E-state index contributed by atoms with van der Waals surface area (Å²) in [6.45, 7) is 1.63. The molecule has 9 nitrogen and oxygen atoms in total. The zero-order chi connectivity index (χ0) is 23.9. The van der Waals surface area contributed by atoms with Gasteiger partial charge in [-0.1, -0.05) is 0 Å². The summed E-state index contributed by atoms with van der Waals surface area (Å²) in [4.78, 5) is 22.5. The summed E-state index contributed by atoms with van der Waals surface area (Å²) in [5.74, 6) is -1.49. The number of aromatic nitrogens is 5. The Kier molecular flexibility index (Phi) is 5.93. The van der Waals surface area contributed by atoms with Crippen molar-refractivity contribution in [2.75, 3.05) is 18.9 Å². The largest absolute Gasteiger partial charge is 0.435 e. The molecule has 2 atom stereocenters. The number of rotatable bonds is 5. The van der Waals surface area contributed by atoms with Crippen LogP contribution in [0, 0.1) is 12.7 Å². The van der Waals surface area contributed by atoms with E-state index in [9.17, 15) is 27.5 Å². The summed E-state index contributed by atoms with van der Waals surface area (Å²) >= 11 is 0. The summed E-state index contributed by atoms with van der Waals surface area (Å²) in [5.41, 5.74) is -0.325. The van der Waals surface area contributed by atoms with Gasteiger partial charge in [0.25, 0.3) is 0 Å². The van der Waals surface area contributed by atoms with E-state index in [2.05, 4.69) is 20.4 Å². The molecule has 3 aromatic heterocycles. The van der Waals surface area contributed by atoms with Crippen molar-refractivity contribution in [1.82, 2.24) is 29.2 Å². The van der Waals surface area contributed by atoms with Crippen LogP contribution in [0.2, 0.25) is 0 Å². The van der Waals surface area contributed by atoms with Crippen LogP contribution in [0.4, 0.5) is 23.2 Å². The molecule has 0 aromatic carbocycles. The molecule has 1 amide bonds. The fourth-order valence-electron chi connectivity index (χ4n) is 3.79. The number of anilines is 1. The number of hydrogen-bond donors (Lipinski definition) is 2. The van der Waals surface area contributed by atoms with Crippen LogP contribution >= 0.6 is 0 Å². The minimum absolute atomic E-state index is 0.0355. The van der Waals surface area contributed by atoms with Crippen LogP contribution in [0.15, 0.2) is 30.9 Å². The first-order chi connectivity index (χ1) is 15.5. The first-order valence-corrected chi connectivity index (χ1v) is 10.0. The lowest BCUT2D eigenvalue weighted by atomic mass is 10.1. The van der Waals surface area contributed by atoms with E-state index in [-0.39, 0.29) is 23.2 Å². The van der Waals surface area contributed by atoms with E-state index in [1.54, 1.807) is 6.20 Å². The molecule has 176 valence electrons. The van der Waals surface area contributed by atoms with E-state index in [4.69, 9.17) is 0 Å². The smallest absolute Gasteiger partial charge is 0.391 e. The molecule has 0 spiro atoms. The third-order valence-corrected chi connectivity index (χ3v) is 5.44. The second-order valence-electron chi connectivity index (χ2n) is 7.89. The highest BCUT2D eigenvalue weighted by molar-refractivity contribution is 5.90. The molecule has 1 aliphatic heterocycles. The number of aliphatic hydroxyl groups is 1. The number of carbonyl (C=O) groups is 1. The summed E-state index contributed by atoms with van der Waals surface area (Å²) in [6.07, 6.45) is -0.379. The van der Waals surface area contributed by atoms with Crippen molar-refractivity contribution in [3.63, 3.8) is 0 Å². The number of hydrogen-bond acceptors (Lipinski definition) is 6. The quantitative estimate of drug-likeness (QED) is 0.559. The molecule has 33 heavy (non-hydrogen) atoms. The van der Waals surface area contributed by atoms with Gasteiger partial charge in [-0.15, -0.1) is 0 Å². The maximum atomic E-state index is 14.7. The summed E-state index contributed by atoms with van der Waals surface area (Å²) in [7, 11) is 1.87. The number of halogens is 4. The molecule has 13 heteroatoms. The van der Waals surface area contributed by atoms with E-state index in [1.807, 2.05) is 11.9 Å². The lowest BCUT2D eigenvalue weighted by molar-refractivity contribution is -0.141. The molecule has 1 aliphatic rings. The molecule has 3 aromatic rings. The number of alkyl halides is 3. The minimum Gasteiger partial charge on any atom is -0.391 e. The maximum absolute atomic E-state index is 14.7. The van der Waals surface area contributed by atoms with Crippen LogP contribution in [0.25, 0.3) is 5.82 Å². The number of imidazole rings is 1. The zero-order valence-corrected chi connectivity index (χ0v) is 17.7. The Morgan fingerprint density at radius 3 is 2.67 bits per heavy atom.